The average molecular weight is 277 g/mol. The Labute approximate surface area is 119 Å². The molecule has 0 saturated carbocycles. The molecule has 1 aliphatic carbocycles. The number of hydrogen-bond acceptors (Lipinski definition) is 4. The molecule has 2 saturated heterocycles. The summed E-state index contributed by atoms with van der Waals surface area (Å²) < 4.78 is 0. The van der Waals surface area contributed by atoms with Crippen LogP contribution in [0.4, 0.5) is 0 Å². The zero-order valence-electron chi connectivity index (χ0n) is 11.7. The molecular weight excluding hydrogens is 254 g/mol. The second kappa shape index (κ2) is 4.54. The van der Waals surface area contributed by atoms with Crippen molar-refractivity contribution >= 4 is 11.3 Å². The Balaban J connectivity index is 1.65. The van der Waals surface area contributed by atoms with E-state index in [-0.39, 0.29) is 5.54 Å². The average Bonchev–Trinajstić information content (AvgIpc) is 3.12. The van der Waals surface area contributed by atoms with Gasteiger partial charge in [0.05, 0.1) is 11.2 Å². The molecule has 2 atom stereocenters. The summed E-state index contributed by atoms with van der Waals surface area (Å²) in [4.78, 5) is 9.27. The first-order valence-electron chi connectivity index (χ1n) is 7.73. The van der Waals surface area contributed by atoms with Crippen LogP contribution in [0.15, 0.2) is 0 Å². The van der Waals surface area contributed by atoms with Gasteiger partial charge in [0.2, 0.25) is 0 Å². The Morgan fingerprint density at radius 3 is 3.11 bits per heavy atom. The highest BCUT2D eigenvalue weighted by atomic mass is 32.1. The van der Waals surface area contributed by atoms with Crippen molar-refractivity contribution in [1.82, 2.24) is 15.2 Å². The van der Waals surface area contributed by atoms with Crippen molar-refractivity contribution in [3.63, 3.8) is 0 Å². The lowest BCUT2D eigenvalue weighted by molar-refractivity contribution is 0.110. The molecule has 2 aliphatic heterocycles. The van der Waals surface area contributed by atoms with E-state index in [1.165, 1.54) is 68.7 Å². The molecule has 2 unspecified atom stereocenters. The van der Waals surface area contributed by atoms with Gasteiger partial charge in [-0.15, -0.1) is 11.3 Å². The largest absolute Gasteiger partial charge is 0.308 e. The number of nitrogens with one attached hydrogen (secondary N) is 1. The summed E-state index contributed by atoms with van der Waals surface area (Å²) >= 11 is 1.99. The normalized spacial score (nSPS) is 34.5. The van der Waals surface area contributed by atoms with Gasteiger partial charge in [0.15, 0.2) is 0 Å². The summed E-state index contributed by atoms with van der Waals surface area (Å²) in [6.45, 7) is 2.56. The van der Waals surface area contributed by atoms with Crippen molar-refractivity contribution in [3.8, 4) is 0 Å². The van der Waals surface area contributed by atoms with Crippen molar-refractivity contribution in [1.29, 1.82) is 0 Å². The number of piperidine rings is 1. The first-order chi connectivity index (χ1) is 9.31. The van der Waals surface area contributed by atoms with Crippen molar-refractivity contribution in [2.24, 2.45) is 0 Å². The van der Waals surface area contributed by atoms with Crippen LogP contribution in [-0.4, -0.2) is 36.1 Å². The lowest BCUT2D eigenvalue weighted by Crippen LogP contribution is -2.52. The Bertz CT molecular complexity index is 462. The number of aromatic nitrogens is 1. The van der Waals surface area contributed by atoms with Gasteiger partial charge >= 0.3 is 0 Å². The van der Waals surface area contributed by atoms with Gasteiger partial charge in [-0.05, 0) is 58.5 Å². The number of hydrogen-bond donors (Lipinski definition) is 1. The first-order valence-corrected chi connectivity index (χ1v) is 8.54. The molecule has 0 amide bonds. The molecule has 0 radical (unpaired) electrons. The number of thiazole rings is 1. The maximum absolute atomic E-state index is 5.01. The predicted octanol–water partition coefficient (Wildman–Crippen LogP) is 2.30. The molecule has 0 spiro atoms. The number of aryl methyl sites for hydroxylation is 2. The van der Waals surface area contributed by atoms with Gasteiger partial charge < -0.3 is 10.2 Å². The number of nitrogens with zero attached hydrogens (tertiary/aromatic N) is 2. The summed E-state index contributed by atoms with van der Waals surface area (Å²) in [5.41, 5.74) is 1.57. The maximum atomic E-state index is 5.01. The molecule has 3 nitrogen and oxygen atoms in total. The van der Waals surface area contributed by atoms with Crippen LogP contribution in [0.25, 0.3) is 0 Å². The molecule has 1 aromatic heterocycles. The van der Waals surface area contributed by atoms with Gasteiger partial charge in [0.25, 0.3) is 0 Å². The summed E-state index contributed by atoms with van der Waals surface area (Å²) in [6, 6.07) is 0.792. The quantitative estimate of drug-likeness (QED) is 0.899. The predicted molar refractivity (Wildman–Crippen MR) is 78.7 cm³/mol. The standard InChI is InChI=1S/C15H23N3S/c1-16-15(7-9-18-8-3-4-11(18)10-15)14-17-12-5-2-6-13(12)19-14/h11,16H,2-10H2,1H3. The van der Waals surface area contributed by atoms with Gasteiger partial charge in [-0.25, -0.2) is 4.98 Å². The van der Waals surface area contributed by atoms with Crippen molar-refractivity contribution in [2.75, 3.05) is 20.1 Å². The highest BCUT2D eigenvalue weighted by Gasteiger charge is 2.44. The fourth-order valence-corrected chi connectivity index (χ4v) is 5.57. The molecule has 3 heterocycles. The highest BCUT2D eigenvalue weighted by molar-refractivity contribution is 7.12. The van der Waals surface area contributed by atoms with E-state index in [1.54, 1.807) is 4.88 Å². The number of rotatable bonds is 2. The van der Waals surface area contributed by atoms with E-state index in [1.807, 2.05) is 11.3 Å². The lowest BCUT2D eigenvalue weighted by atomic mass is 9.84. The topological polar surface area (TPSA) is 28.2 Å². The van der Waals surface area contributed by atoms with E-state index in [0.717, 1.165) is 6.04 Å². The third kappa shape index (κ3) is 1.88. The monoisotopic (exact) mass is 277 g/mol. The van der Waals surface area contributed by atoms with E-state index in [4.69, 9.17) is 4.98 Å². The molecule has 4 rings (SSSR count). The molecule has 2 fully saturated rings. The van der Waals surface area contributed by atoms with Gasteiger partial charge in [0, 0.05) is 17.5 Å². The molecule has 4 heteroatoms. The Hall–Kier alpha value is -0.450. The molecular formula is C15H23N3S. The Kier molecular flexibility index (Phi) is 2.94. The molecule has 1 N–H and O–H groups in total. The molecule has 3 aliphatic rings. The van der Waals surface area contributed by atoms with Gasteiger partial charge in [0.1, 0.15) is 5.01 Å². The van der Waals surface area contributed by atoms with Crippen LogP contribution < -0.4 is 5.32 Å². The Morgan fingerprint density at radius 1 is 1.32 bits per heavy atom. The van der Waals surface area contributed by atoms with E-state index in [9.17, 15) is 0 Å². The summed E-state index contributed by atoms with van der Waals surface area (Å²) in [6.07, 6.45) is 9.05. The fourth-order valence-electron chi connectivity index (χ4n) is 4.18. The smallest absolute Gasteiger partial charge is 0.113 e. The molecule has 1 aromatic rings. The third-order valence-corrected chi connectivity index (χ3v) is 6.75. The minimum absolute atomic E-state index is 0.167. The first kappa shape index (κ1) is 12.3. The third-order valence-electron chi connectivity index (χ3n) is 5.39. The second-order valence-electron chi connectivity index (χ2n) is 6.36. The zero-order chi connectivity index (χ0) is 12.9. The van der Waals surface area contributed by atoms with Crippen molar-refractivity contribution in [3.05, 3.63) is 15.6 Å². The second-order valence-corrected chi connectivity index (χ2v) is 7.44. The van der Waals surface area contributed by atoms with Gasteiger partial charge in [-0.1, -0.05) is 0 Å². The van der Waals surface area contributed by atoms with E-state index >= 15 is 0 Å². The Morgan fingerprint density at radius 2 is 2.26 bits per heavy atom. The molecule has 19 heavy (non-hydrogen) atoms. The van der Waals surface area contributed by atoms with Crippen LogP contribution in [0.5, 0.6) is 0 Å². The lowest BCUT2D eigenvalue weighted by Gasteiger charge is -2.43. The summed E-state index contributed by atoms with van der Waals surface area (Å²) in [5.74, 6) is 0. The van der Waals surface area contributed by atoms with E-state index in [0.29, 0.717) is 0 Å². The van der Waals surface area contributed by atoms with Crippen LogP contribution in [0.3, 0.4) is 0 Å². The van der Waals surface area contributed by atoms with Crippen LogP contribution in [0.2, 0.25) is 0 Å². The van der Waals surface area contributed by atoms with Crippen molar-refractivity contribution in [2.45, 2.75) is 56.5 Å². The van der Waals surface area contributed by atoms with E-state index < -0.39 is 0 Å². The fraction of sp³-hybridized carbons (Fsp3) is 0.800. The van der Waals surface area contributed by atoms with Crippen LogP contribution in [0, 0.1) is 0 Å². The van der Waals surface area contributed by atoms with Crippen LogP contribution in [0.1, 0.15) is 47.7 Å². The van der Waals surface area contributed by atoms with E-state index in [2.05, 4.69) is 17.3 Å². The highest BCUT2D eigenvalue weighted by Crippen LogP contribution is 2.42. The summed E-state index contributed by atoms with van der Waals surface area (Å²) in [5, 5.41) is 5.04. The van der Waals surface area contributed by atoms with Gasteiger partial charge in [-0.3, -0.25) is 0 Å². The minimum Gasteiger partial charge on any atom is -0.308 e. The molecule has 0 bridgehead atoms. The molecule has 104 valence electrons. The zero-order valence-corrected chi connectivity index (χ0v) is 12.6. The number of fused-ring (bicyclic) bond motifs is 2. The SMILES string of the molecule is CNC1(c2nc3c(s2)CCC3)CCN2CCCC2C1. The minimum atomic E-state index is 0.167. The summed E-state index contributed by atoms with van der Waals surface area (Å²) in [7, 11) is 2.14. The van der Waals surface area contributed by atoms with Crippen molar-refractivity contribution < 1.29 is 0 Å². The van der Waals surface area contributed by atoms with Crippen LogP contribution >= 0.6 is 11.3 Å². The molecule has 0 aromatic carbocycles. The maximum Gasteiger partial charge on any atom is 0.113 e. The van der Waals surface area contributed by atoms with Gasteiger partial charge in [-0.2, -0.15) is 0 Å². The van der Waals surface area contributed by atoms with Crippen LogP contribution in [-0.2, 0) is 18.4 Å².